The maximum atomic E-state index is 12.2. The molecule has 2 aromatic rings. The molecule has 1 aromatic heterocycles. The first-order valence-electron chi connectivity index (χ1n) is 6.04. The number of carbonyl (C=O) groups excluding carboxylic acids is 2. The molecule has 1 amide bonds. The van der Waals surface area contributed by atoms with Gasteiger partial charge in [0.2, 0.25) is 0 Å². The summed E-state index contributed by atoms with van der Waals surface area (Å²) in [7, 11) is 3.02. The lowest BCUT2D eigenvalue weighted by Gasteiger charge is -2.07. The summed E-state index contributed by atoms with van der Waals surface area (Å²) in [6.07, 6.45) is 1.44. The lowest BCUT2D eigenvalue weighted by Crippen LogP contribution is -2.12. The molecule has 0 aliphatic carbocycles. The van der Waals surface area contributed by atoms with Gasteiger partial charge in [-0.2, -0.15) is 0 Å². The van der Waals surface area contributed by atoms with Crippen molar-refractivity contribution in [2.45, 2.75) is 6.92 Å². The minimum atomic E-state index is -0.350. The lowest BCUT2D eigenvalue weighted by molar-refractivity contribution is 0.101. The zero-order valence-corrected chi connectivity index (χ0v) is 12.6. The van der Waals surface area contributed by atoms with Crippen molar-refractivity contribution in [1.82, 2.24) is 4.98 Å². The zero-order chi connectivity index (χ0) is 15.4. The number of ketones is 1. The summed E-state index contributed by atoms with van der Waals surface area (Å²) in [6, 6.07) is 4.86. The second-order valence-electron chi connectivity index (χ2n) is 4.14. The van der Waals surface area contributed by atoms with E-state index in [1.165, 1.54) is 27.3 Å². The molecule has 21 heavy (non-hydrogen) atoms. The average Bonchev–Trinajstić information content (AvgIpc) is 2.95. The van der Waals surface area contributed by atoms with Crippen LogP contribution in [0.25, 0.3) is 0 Å². The van der Waals surface area contributed by atoms with E-state index in [1.807, 2.05) is 0 Å². The van der Waals surface area contributed by atoms with Crippen molar-refractivity contribution >= 4 is 28.2 Å². The molecule has 7 heteroatoms. The number of nitrogens with zero attached hydrogens (tertiary/aromatic N) is 1. The Kier molecular flexibility index (Phi) is 4.54. The normalized spacial score (nSPS) is 10.0. The van der Waals surface area contributed by atoms with Crippen molar-refractivity contribution in [2.75, 3.05) is 19.5 Å². The average molecular weight is 306 g/mol. The Morgan fingerprint density at radius 1 is 1.14 bits per heavy atom. The maximum Gasteiger partial charge on any atom is 0.257 e. The van der Waals surface area contributed by atoms with Gasteiger partial charge in [-0.3, -0.25) is 14.9 Å². The third kappa shape index (κ3) is 3.57. The number of rotatable bonds is 5. The largest absolute Gasteiger partial charge is 0.497 e. The third-order valence-electron chi connectivity index (χ3n) is 2.69. The number of thiazole rings is 1. The first-order valence-corrected chi connectivity index (χ1v) is 6.86. The number of anilines is 1. The number of hydrogen-bond donors (Lipinski definition) is 1. The molecule has 6 nitrogen and oxygen atoms in total. The molecule has 0 saturated carbocycles. The molecule has 0 saturated heterocycles. The van der Waals surface area contributed by atoms with Gasteiger partial charge in [-0.1, -0.05) is 11.3 Å². The summed E-state index contributed by atoms with van der Waals surface area (Å²) in [5.74, 6) is 0.596. The summed E-state index contributed by atoms with van der Waals surface area (Å²) >= 11 is 1.13. The Balaban J connectivity index is 2.21. The second kappa shape index (κ2) is 6.36. The number of carbonyl (C=O) groups is 2. The number of hydrogen-bond acceptors (Lipinski definition) is 6. The topological polar surface area (TPSA) is 77.5 Å². The molecule has 0 bridgehead atoms. The van der Waals surface area contributed by atoms with E-state index in [-0.39, 0.29) is 11.7 Å². The molecule has 1 N–H and O–H groups in total. The molecule has 2 rings (SSSR count). The highest BCUT2D eigenvalue weighted by atomic mass is 32.1. The fourth-order valence-electron chi connectivity index (χ4n) is 1.60. The number of nitrogens with one attached hydrogen (secondary N) is 1. The quantitative estimate of drug-likeness (QED) is 0.859. The van der Waals surface area contributed by atoms with Gasteiger partial charge in [0.05, 0.1) is 25.3 Å². The second-order valence-corrected chi connectivity index (χ2v) is 5.17. The van der Waals surface area contributed by atoms with Gasteiger partial charge < -0.3 is 9.47 Å². The molecular weight excluding hydrogens is 292 g/mol. The van der Waals surface area contributed by atoms with E-state index in [4.69, 9.17) is 9.47 Å². The van der Waals surface area contributed by atoms with Crippen LogP contribution in [-0.4, -0.2) is 30.9 Å². The van der Waals surface area contributed by atoms with Crippen LogP contribution in [0, 0.1) is 0 Å². The smallest absolute Gasteiger partial charge is 0.257 e. The van der Waals surface area contributed by atoms with Gasteiger partial charge in [0.25, 0.3) is 5.91 Å². The predicted octanol–water partition coefficient (Wildman–Crippen LogP) is 2.62. The summed E-state index contributed by atoms with van der Waals surface area (Å²) in [5.41, 5.74) is 0.380. The zero-order valence-electron chi connectivity index (χ0n) is 11.8. The van der Waals surface area contributed by atoms with E-state index in [0.29, 0.717) is 27.1 Å². The molecule has 0 unspecified atom stereocenters. The molecule has 0 spiro atoms. The Morgan fingerprint density at radius 3 is 2.24 bits per heavy atom. The highest BCUT2D eigenvalue weighted by Crippen LogP contribution is 2.24. The van der Waals surface area contributed by atoms with Gasteiger partial charge in [0.1, 0.15) is 11.5 Å². The van der Waals surface area contributed by atoms with E-state index < -0.39 is 0 Å². The van der Waals surface area contributed by atoms with Gasteiger partial charge in [-0.25, -0.2) is 4.98 Å². The van der Waals surface area contributed by atoms with Crippen LogP contribution in [0.3, 0.4) is 0 Å². The summed E-state index contributed by atoms with van der Waals surface area (Å²) in [4.78, 5) is 27.9. The van der Waals surface area contributed by atoms with E-state index in [9.17, 15) is 9.59 Å². The SMILES string of the molecule is COc1cc(OC)cc(C(=O)Nc2ncc(C(C)=O)s2)c1. The minimum Gasteiger partial charge on any atom is -0.497 e. The van der Waals surface area contributed by atoms with Crippen molar-refractivity contribution in [1.29, 1.82) is 0 Å². The van der Waals surface area contributed by atoms with Crippen LogP contribution in [0.2, 0.25) is 0 Å². The Bertz CT molecular complexity index is 659. The van der Waals surface area contributed by atoms with Crippen molar-refractivity contribution < 1.29 is 19.1 Å². The fraction of sp³-hybridized carbons (Fsp3) is 0.214. The van der Waals surface area contributed by atoms with Crippen LogP contribution in [0.5, 0.6) is 11.5 Å². The fourth-order valence-corrected chi connectivity index (χ4v) is 2.31. The summed E-state index contributed by atoms with van der Waals surface area (Å²) in [6.45, 7) is 1.45. The monoisotopic (exact) mass is 306 g/mol. The van der Waals surface area contributed by atoms with Crippen molar-refractivity contribution in [3.8, 4) is 11.5 Å². The maximum absolute atomic E-state index is 12.2. The van der Waals surface area contributed by atoms with Crippen LogP contribution < -0.4 is 14.8 Å². The number of amides is 1. The number of aromatic nitrogens is 1. The minimum absolute atomic E-state index is 0.0870. The van der Waals surface area contributed by atoms with Crippen LogP contribution in [0.15, 0.2) is 24.4 Å². The van der Waals surface area contributed by atoms with Gasteiger partial charge in [-0.05, 0) is 12.1 Å². The molecule has 1 aromatic carbocycles. The molecule has 0 radical (unpaired) electrons. The molecular formula is C14H14N2O4S. The summed E-state index contributed by atoms with van der Waals surface area (Å²) < 4.78 is 10.2. The van der Waals surface area contributed by atoms with Crippen molar-refractivity contribution in [3.63, 3.8) is 0 Å². The summed E-state index contributed by atoms with van der Waals surface area (Å²) in [5, 5.41) is 3.01. The predicted molar refractivity (Wildman–Crippen MR) is 79.6 cm³/mol. The van der Waals surface area contributed by atoms with Gasteiger partial charge in [0.15, 0.2) is 10.9 Å². The van der Waals surface area contributed by atoms with Crippen LogP contribution >= 0.6 is 11.3 Å². The lowest BCUT2D eigenvalue weighted by atomic mass is 10.2. The molecule has 0 atom stereocenters. The first-order chi connectivity index (χ1) is 10.0. The van der Waals surface area contributed by atoms with Crippen LogP contribution in [0.1, 0.15) is 27.0 Å². The van der Waals surface area contributed by atoms with Gasteiger partial charge >= 0.3 is 0 Å². The van der Waals surface area contributed by atoms with Crippen molar-refractivity contribution in [3.05, 3.63) is 34.8 Å². The number of benzene rings is 1. The first kappa shape index (κ1) is 15.0. The van der Waals surface area contributed by atoms with E-state index in [1.54, 1.807) is 18.2 Å². The Hall–Kier alpha value is -2.41. The van der Waals surface area contributed by atoms with Crippen molar-refractivity contribution in [2.24, 2.45) is 0 Å². The Labute approximate surface area is 125 Å². The van der Waals surface area contributed by atoms with Gasteiger partial charge in [-0.15, -0.1) is 0 Å². The van der Waals surface area contributed by atoms with Crippen LogP contribution in [0.4, 0.5) is 5.13 Å². The third-order valence-corrected chi connectivity index (χ3v) is 3.70. The van der Waals surface area contributed by atoms with E-state index in [0.717, 1.165) is 11.3 Å². The van der Waals surface area contributed by atoms with Gasteiger partial charge in [0, 0.05) is 18.6 Å². The highest BCUT2D eigenvalue weighted by Gasteiger charge is 2.13. The number of Topliss-reactive ketones (excluding diaryl/α,β-unsaturated/α-hetero) is 1. The molecule has 0 fully saturated rings. The number of methoxy groups -OCH3 is 2. The molecule has 1 heterocycles. The van der Waals surface area contributed by atoms with Crippen LogP contribution in [-0.2, 0) is 0 Å². The number of ether oxygens (including phenoxy) is 2. The highest BCUT2D eigenvalue weighted by molar-refractivity contribution is 7.17. The van der Waals surface area contributed by atoms with E-state index >= 15 is 0 Å². The Morgan fingerprint density at radius 2 is 1.76 bits per heavy atom. The molecule has 0 aliphatic rings. The van der Waals surface area contributed by atoms with E-state index in [2.05, 4.69) is 10.3 Å². The molecule has 110 valence electrons. The molecule has 0 aliphatic heterocycles. The standard InChI is InChI=1S/C14H14N2O4S/c1-8(17)12-7-15-14(21-12)16-13(18)9-4-10(19-2)6-11(5-9)20-3/h4-7H,1-3H3,(H,15,16,18).